The summed E-state index contributed by atoms with van der Waals surface area (Å²) in [6.45, 7) is 2.26. The zero-order valence-corrected chi connectivity index (χ0v) is 10.7. The summed E-state index contributed by atoms with van der Waals surface area (Å²) in [5.74, 6) is 5.68. The van der Waals surface area contributed by atoms with Crippen molar-refractivity contribution in [2.45, 2.75) is 6.92 Å². The molecule has 1 aromatic carbocycles. The highest BCUT2D eigenvalue weighted by atomic mass is 16.1. The van der Waals surface area contributed by atoms with E-state index < -0.39 is 0 Å². The number of rotatable bonds is 2. The van der Waals surface area contributed by atoms with Crippen LogP contribution in [-0.2, 0) is 4.79 Å². The molecule has 0 unspecified atom stereocenters. The minimum atomic E-state index is -0.201. The van der Waals surface area contributed by atoms with Crippen molar-refractivity contribution in [3.63, 3.8) is 0 Å². The maximum atomic E-state index is 10.9. The number of hydrogen-bond donors (Lipinski definition) is 2. The molecule has 2 aromatic rings. The molecule has 4 nitrogen and oxygen atoms in total. The van der Waals surface area contributed by atoms with Crippen molar-refractivity contribution < 1.29 is 4.79 Å². The van der Waals surface area contributed by atoms with Gasteiger partial charge in [-0.15, -0.1) is 0 Å². The molecule has 0 aliphatic heterocycles. The van der Waals surface area contributed by atoms with Crippen LogP contribution in [0.4, 0.5) is 0 Å². The van der Waals surface area contributed by atoms with Gasteiger partial charge in [-0.05, 0) is 31.2 Å². The fourth-order valence-electron chi connectivity index (χ4n) is 1.67. The molecular weight excluding hydrogens is 238 g/mol. The molecule has 1 heterocycles. The highest BCUT2D eigenvalue weighted by molar-refractivity contribution is 5.80. The summed E-state index contributed by atoms with van der Waals surface area (Å²) in [4.78, 5) is 15.3. The smallest absolute Gasteiger partial charge is 0.234 e. The Kier molecular flexibility index (Phi) is 4.11. The van der Waals surface area contributed by atoms with Gasteiger partial charge in [0, 0.05) is 16.6 Å². The fraction of sp³-hybridized carbons (Fsp3) is 0.200. The van der Waals surface area contributed by atoms with Gasteiger partial charge in [0.1, 0.15) is 0 Å². The molecule has 0 bridgehead atoms. The van der Waals surface area contributed by atoms with Gasteiger partial charge in [-0.1, -0.05) is 17.9 Å². The van der Waals surface area contributed by atoms with Crippen LogP contribution < -0.4 is 11.1 Å². The molecule has 0 radical (unpaired) electrons. The van der Waals surface area contributed by atoms with Crippen molar-refractivity contribution in [2.75, 3.05) is 13.1 Å². The maximum absolute atomic E-state index is 10.9. The molecule has 4 heteroatoms. The molecular formula is C15H15N3O. The predicted octanol–water partition coefficient (Wildman–Crippen LogP) is 0.970. The molecule has 0 aliphatic carbocycles. The average molecular weight is 253 g/mol. The molecule has 0 atom stereocenters. The van der Waals surface area contributed by atoms with E-state index in [1.165, 1.54) is 0 Å². The van der Waals surface area contributed by atoms with Gasteiger partial charge in [-0.2, -0.15) is 0 Å². The number of aromatic nitrogens is 1. The summed E-state index contributed by atoms with van der Waals surface area (Å²) >= 11 is 0. The number of carbonyl (C=O) groups excluding carboxylic acids is 1. The van der Waals surface area contributed by atoms with E-state index >= 15 is 0 Å². The number of pyridine rings is 1. The van der Waals surface area contributed by atoms with Crippen molar-refractivity contribution in [1.29, 1.82) is 0 Å². The molecule has 0 spiro atoms. The topological polar surface area (TPSA) is 68.0 Å². The third-order valence-electron chi connectivity index (χ3n) is 2.62. The molecule has 0 saturated heterocycles. The zero-order chi connectivity index (χ0) is 13.7. The summed E-state index contributed by atoms with van der Waals surface area (Å²) in [7, 11) is 0. The van der Waals surface area contributed by atoms with Crippen molar-refractivity contribution in [3.05, 3.63) is 41.6 Å². The van der Waals surface area contributed by atoms with Gasteiger partial charge in [0.2, 0.25) is 5.91 Å². The first kappa shape index (κ1) is 13.1. The second-order valence-electron chi connectivity index (χ2n) is 4.14. The van der Waals surface area contributed by atoms with Crippen LogP contribution in [0, 0.1) is 18.8 Å². The van der Waals surface area contributed by atoms with E-state index in [0.29, 0.717) is 6.54 Å². The number of nitrogens with one attached hydrogen (secondary N) is 1. The molecule has 2 rings (SSSR count). The first-order valence-corrected chi connectivity index (χ1v) is 6.02. The first-order valence-electron chi connectivity index (χ1n) is 6.02. The van der Waals surface area contributed by atoms with Crippen molar-refractivity contribution in [1.82, 2.24) is 10.3 Å². The van der Waals surface area contributed by atoms with Crippen LogP contribution >= 0.6 is 0 Å². The number of benzene rings is 1. The van der Waals surface area contributed by atoms with Gasteiger partial charge >= 0.3 is 0 Å². The number of nitrogens with zero attached hydrogens (tertiary/aromatic N) is 1. The van der Waals surface area contributed by atoms with Gasteiger partial charge in [0.25, 0.3) is 0 Å². The quantitative estimate of drug-likeness (QED) is 0.784. The lowest BCUT2D eigenvalue weighted by Gasteiger charge is -1.99. The van der Waals surface area contributed by atoms with Crippen molar-refractivity contribution in [2.24, 2.45) is 5.73 Å². The standard InChI is InChI=1S/C15H15N3O/c1-11-4-6-13-9-12(5-7-14(13)18-11)3-2-8-17-15(19)10-16/h4-7,9H,8,10,16H2,1H3,(H,17,19). The average Bonchev–Trinajstić information content (AvgIpc) is 2.43. The second kappa shape index (κ2) is 5.98. The molecule has 0 fully saturated rings. The Balaban J connectivity index is 2.11. The number of amides is 1. The van der Waals surface area contributed by atoms with Crippen LogP contribution in [0.15, 0.2) is 30.3 Å². The Morgan fingerprint density at radius 2 is 2.21 bits per heavy atom. The van der Waals surface area contributed by atoms with Crippen LogP contribution in [0.1, 0.15) is 11.3 Å². The molecule has 3 N–H and O–H groups in total. The summed E-state index contributed by atoms with van der Waals surface area (Å²) in [5.41, 5.74) is 8.03. The molecule has 1 aromatic heterocycles. The highest BCUT2D eigenvalue weighted by Gasteiger charge is 1.96. The SMILES string of the molecule is Cc1ccc2cc(C#CCNC(=O)CN)ccc2n1. The summed E-state index contributed by atoms with van der Waals surface area (Å²) in [6.07, 6.45) is 0. The number of nitrogens with two attached hydrogens (primary N) is 1. The predicted molar refractivity (Wildman–Crippen MR) is 75.4 cm³/mol. The maximum Gasteiger partial charge on any atom is 0.234 e. The lowest BCUT2D eigenvalue weighted by molar-refractivity contribution is -0.119. The molecule has 0 saturated carbocycles. The lowest BCUT2D eigenvalue weighted by Crippen LogP contribution is -2.30. The Morgan fingerprint density at radius 3 is 3.00 bits per heavy atom. The molecule has 19 heavy (non-hydrogen) atoms. The number of carbonyl (C=O) groups is 1. The minimum Gasteiger partial charge on any atom is -0.344 e. The van der Waals surface area contributed by atoms with Crippen LogP contribution in [0.25, 0.3) is 10.9 Å². The zero-order valence-electron chi connectivity index (χ0n) is 10.7. The molecule has 1 amide bonds. The minimum absolute atomic E-state index is 0.0112. The largest absolute Gasteiger partial charge is 0.344 e. The van der Waals surface area contributed by atoms with E-state index in [9.17, 15) is 4.79 Å². The van der Waals surface area contributed by atoms with E-state index in [0.717, 1.165) is 22.2 Å². The molecule has 96 valence electrons. The summed E-state index contributed by atoms with van der Waals surface area (Å²) < 4.78 is 0. The lowest BCUT2D eigenvalue weighted by atomic mass is 10.1. The number of aryl methyl sites for hydroxylation is 1. The third-order valence-corrected chi connectivity index (χ3v) is 2.62. The molecule has 0 aliphatic rings. The summed E-state index contributed by atoms with van der Waals surface area (Å²) in [6, 6.07) is 9.86. The number of fused-ring (bicyclic) bond motifs is 1. The van der Waals surface area contributed by atoms with E-state index in [1.807, 2.05) is 37.3 Å². The first-order chi connectivity index (χ1) is 9.19. The van der Waals surface area contributed by atoms with Gasteiger partial charge in [-0.3, -0.25) is 9.78 Å². The van der Waals surface area contributed by atoms with Crippen molar-refractivity contribution in [3.8, 4) is 11.8 Å². The van der Waals surface area contributed by atoms with E-state index in [-0.39, 0.29) is 12.5 Å². The van der Waals surface area contributed by atoms with Crippen LogP contribution in [0.2, 0.25) is 0 Å². The second-order valence-corrected chi connectivity index (χ2v) is 4.14. The van der Waals surface area contributed by atoms with E-state index in [2.05, 4.69) is 22.1 Å². The van der Waals surface area contributed by atoms with Gasteiger partial charge in [0.15, 0.2) is 0 Å². The van der Waals surface area contributed by atoms with E-state index in [4.69, 9.17) is 5.73 Å². The third kappa shape index (κ3) is 3.54. The normalized spacial score (nSPS) is 9.79. The van der Waals surface area contributed by atoms with Crippen LogP contribution in [0.3, 0.4) is 0 Å². The fourth-order valence-corrected chi connectivity index (χ4v) is 1.67. The Morgan fingerprint density at radius 1 is 1.37 bits per heavy atom. The van der Waals surface area contributed by atoms with Gasteiger partial charge in [0.05, 0.1) is 18.6 Å². The van der Waals surface area contributed by atoms with Crippen LogP contribution in [-0.4, -0.2) is 24.0 Å². The Labute approximate surface area is 112 Å². The Bertz CT molecular complexity index is 668. The monoisotopic (exact) mass is 253 g/mol. The Hall–Kier alpha value is -2.38. The van der Waals surface area contributed by atoms with Crippen molar-refractivity contribution >= 4 is 16.8 Å². The van der Waals surface area contributed by atoms with E-state index in [1.54, 1.807) is 0 Å². The summed E-state index contributed by atoms with van der Waals surface area (Å²) in [5, 5.41) is 3.66. The highest BCUT2D eigenvalue weighted by Crippen LogP contribution is 2.13. The number of hydrogen-bond acceptors (Lipinski definition) is 3. The van der Waals surface area contributed by atoms with Gasteiger partial charge in [-0.25, -0.2) is 0 Å². The van der Waals surface area contributed by atoms with Crippen LogP contribution in [0.5, 0.6) is 0 Å². The van der Waals surface area contributed by atoms with Gasteiger partial charge < -0.3 is 11.1 Å².